The fourth-order valence-electron chi connectivity index (χ4n) is 1.30. The minimum absolute atomic E-state index is 0.0894. The molecule has 1 saturated heterocycles. The molecule has 1 aliphatic rings. The van der Waals surface area contributed by atoms with Crippen LogP contribution in [-0.4, -0.2) is 35.9 Å². The third-order valence-corrected chi connectivity index (χ3v) is 2.76. The second kappa shape index (κ2) is 4.24. The van der Waals surface area contributed by atoms with Gasteiger partial charge in [0.05, 0.1) is 6.61 Å². The normalized spacial score (nSPS) is 23.7. The lowest BCUT2D eigenvalue weighted by Gasteiger charge is -2.34. The number of epoxide rings is 1. The molecule has 1 aliphatic heterocycles. The van der Waals surface area contributed by atoms with Gasteiger partial charge in [0.2, 0.25) is 5.50 Å². The average Bonchev–Trinajstić information content (AvgIpc) is 2.86. The van der Waals surface area contributed by atoms with Crippen LogP contribution in [0.5, 0.6) is 0 Å². The number of nitrogens with zero attached hydrogens (tertiary/aromatic N) is 1. The molecule has 0 saturated carbocycles. The Balaban J connectivity index is 2.61. The summed E-state index contributed by atoms with van der Waals surface area (Å²) in [7, 11) is 0. The summed E-state index contributed by atoms with van der Waals surface area (Å²) in [5.74, 6) is 6.09. The molecule has 1 heterocycles. The number of nitrogens with two attached hydrogens (primary N) is 1. The third-order valence-electron chi connectivity index (χ3n) is 2.10. The van der Waals surface area contributed by atoms with Crippen molar-refractivity contribution >= 4 is 11.6 Å². The Hall–Kier alpha value is -0.350. The molecule has 2 atom stereocenters. The molecule has 13 heavy (non-hydrogen) atoms. The summed E-state index contributed by atoms with van der Waals surface area (Å²) in [6, 6.07) is 0. The van der Waals surface area contributed by atoms with Crippen LogP contribution < -0.4 is 5.84 Å². The minimum Gasteiger partial charge on any atom is -0.365 e. The number of ether oxygens (including phenoxy) is 1. The first-order valence-electron chi connectivity index (χ1n) is 4.27. The third kappa shape index (κ3) is 2.54. The van der Waals surface area contributed by atoms with E-state index < -0.39 is 0 Å². The predicted molar refractivity (Wildman–Crippen MR) is 54.0 cm³/mol. The molecule has 1 rings (SSSR count). The van der Waals surface area contributed by atoms with E-state index in [-0.39, 0.29) is 16.2 Å². The van der Waals surface area contributed by atoms with Crippen LogP contribution in [0.1, 0.15) is 0 Å². The standard InChI is InChI=1S/C9H16ClN2O/c1-3-5-12(11,6-4-2)9(10)8-7-13-8/h3-4,8-9H,1-2,5-7,11H2/q+1. The molecule has 4 heteroatoms. The van der Waals surface area contributed by atoms with Crippen LogP contribution in [0.15, 0.2) is 25.3 Å². The van der Waals surface area contributed by atoms with Crippen LogP contribution in [-0.2, 0) is 4.74 Å². The van der Waals surface area contributed by atoms with Crippen LogP contribution in [0.3, 0.4) is 0 Å². The molecular formula is C9H16ClN2O+. The van der Waals surface area contributed by atoms with Crippen LogP contribution in [0.25, 0.3) is 0 Å². The Morgan fingerprint density at radius 2 is 2.00 bits per heavy atom. The zero-order valence-corrected chi connectivity index (χ0v) is 8.41. The van der Waals surface area contributed by atoms with Gasteiger partial charge in [-0.25, -0.2) is 4.59 Å². The lowest BCUT2D eigenvalue weighted by molar-refractivity contribution is -0.941. The molecule has 2 N–H and O–H groups in total. The van der Waals surface area contributed by atoms with E-state index in [9.17, 15) is 0 Å². The van der Waals surface area contributed by atoms with Gasteiger partial charge in [-0.1, -0.05) is 24.8 Å². The summed E-state index contributed by atoms with van der Waals surface area (Å²) in [6.45, 7) is 9.28. The molecule has 3 nitrogen and oxygen atoms in total. The summed E-state index contributed by atoms with van der Waals surface area (Å²) in [5.41, 5.74) is -0.212. The Morgan fingerprint density at radius 1 is 1.54 bits per heavy atom. The van der Waals surface area contributed by atoms with E-state index in [4.69, 9.17) is 22.2 Å². The molecule has 0 aromatic heterocycles. The lowest BCUT2D eigenvalue weighted by atomic mass is 10.3. The Kier molecular flexibility index (Phi) is 3.50. The maximum absolute atomic E-state index is 6.17. The molecule has 0 bridgehead atoms. The topological polar surface area (TPSA) is 38.5 Å². The first-order valence-corrected chi connectivity index (χ1v) is 4.70. The van der Waals surface area contributed by atoms with E-state index in [0.717, 1.165) is 0 Å². The maximum atomic E-state index is 6.17. The van der Waals surface area contributed by atoms with Crippen molar-refractivity contribution in [2.24, 2.45) is 5.84 Å². The quantitative estimate of drug-likeness (QED) is 0.133. The fourth-order valence-corrected chi connectivity index (χ4v) is 1.61. The largest absolute Gasteiger partial charge is 0.365 e. The van der Waals surface area contributed by atoms with Crippen LogP contribution >= 0.6 is 11.6 Å². The predicted octanol–water partition coefficient (Wildman–Crippen LogP) is 1.01. The number of hydrogen-bond donors (Lipinski definition) is 1. The number of halogens is 1. The molecule has 2 unspecified atom stereocenters. The average molecular weight is 204 g/mol. The lowest BCUT2D eigenvalue weighted by Crippen LogP contribution is -2.61. The van der Waals surface area contributed by atoms with Crippen molar-refractivity contribution in [2.75, 3.05) is 19.7 Å². The van der Waals surface area contributed by atoms with Crippen molar-refractivity contribution < 1.29 is 9.33 Å². The van der Waals surface area contributed by atoms with Gasteiger partial charge >= 0.3 is 0 Å². The van der Waals surface area contributed by atoms with Gasteiger partial charge < -0.3 is 4.74 Å². The number of hydrogen-bond acceptors (Lipinski definition) is 2. The summed E-state index contributed by atoms with van der Waals surface area (Å²) in [6.07, 6.45) is 3.62. The first kappa shape index (κ1) is 10.7. The van der Waals surface area contributed by atoms with E-state index in [1.54, 1.807) is 12.2 Å². The Labute approximate surface area is 84.0 Å². The van der Waals surface area contributed by atoms with E-state index in [2.05, 4.69) is 13.2 Å². The van der Waals surface area contributed by atoms with Gasteiger partial charge in [0.15, 0.2) is 0 Å². The zero-order chi connectivity index (χ0) is 9.90. The smallest absolute Gasteiger partial charge is 0.211 e. The highest BCUT2D eigenvalue weighted by Gasteiger charge is 2.44. The first-order chi connectivity index (χ1) is 6.14. The van der Waals surface area contributed by atoms with Gasteiger partial charge in [-0.3, -0.25) is 0 Å². The van der Waals surface area contributed by atoms with Crippen LogP contribution in [0.4, 0.5) is 0 Å². The highest BCUT2D eigenvalue weighted by molar-refractivity contribution is 6.20. The van der Waals surface area contributed by atoms with E-state index >= 15 is 0 Å². The van der Waals surface area contributed by atoms with Gasteiger partial charge in [-0.05, 0) is 12.2 Å². The van der Waals surface area contributed by atoms with Crippen molar-refractivity contribution in [3.05, 3.63) is 25.3 Å². The molecule has 74 valence electrons. The van der Waals surface area contributed by atoms with Crippen molar-refractivity contribution in [3.63, 3.8) is 0 Å². The van der Waals surface area contributed by atoms with Crippen LogP contribution in [0, 0.1) is 0 Å². The number of alkyl halides is 1. The molecule has 0 aromatic carbocycles. The second-order valence-electron chi connectivity index (χ2n) is 3.29. The second-order valence-corrected chi connectivity index (χ2v) is 3.74. The van der Waals surface area contributed by atoms with E-state index in [1.165, 1.54) is 0 Å². The summed E-state index contributed by atoms with van der Waals surface area (Å²) in [5, 5.41) is 0. The number of rotatable bonds is 6. The van der Waals surface area contributed by atoms with Gasteiger partial charge in [0.1, 0.15) is 19.2 Å². The van der Waals surface area contributed by atoms with Gasteiger partial charge in [-0.15, -0.1) is 0 Å². The van der Waals surface area contributed by atoms with Crippen LogP contribution in [0.2, 0.25) is 0 Å². The molecule has 0 amide bonds. The molecule has 1 fully saturated rings. The highest BCUT2D eigenvalue weighted by Crippen LogP contribution is 2.25. The SMILES string of the molecule is C=CC[N+](N)(CC=C)C(Cl)C1CO1. The monoisotopic (exact) mass is 203 g/mol. The van der Waals surface area contributed by atoms with Crippen molar-refractivity contribution in [1.82, 2.24) is 0 Å². The molecule has 0 radical (unpaired) electrons. The molecular weight excluding hydrogens is 188 g/mol. The van der Waals surface area contributed by atoms with Crippen molar-refractivity contribution in [1.29, 1.82) is 0 Å². The van der Waals surface area contributed by atoms with Gasteiger partial charge in [-0.2, -0.15) is 5.84 Å². The van der Waals surface area contributed by atoms with Gasteiger partial charge in [0, 0.05) is 0 Å². The highest BCUT2D eigenvalue weighted by atomic mass is 35.5. The van der Waals surface area contributed by atoms with E-state index in [1.807, 2.05) is 0 Å². The van der Waals surface area contributed by atoms with E-state index in [0.29, 0.717) is 19.7 Å². The maximum Gasteiger partial charge on any atom is 0.211 e. The molecule has 0 aromatic rings. The Morgan fingerprint density at radius 3 is 2.31 bits per heavy atom. The molecule has 0 spiro atoms. The zero-order valence-electron chi connectivity index (χ0n) is 7.66. The summed E-state index contributed by atoms with van der Waals surface area (Å²) >= 11 is 6.17. The van der Waals surface area contributed by atoms with Gasteiger partial charge in [0.25, 0.3) is 0 Å². The minimum atomic E-state index is -0.212. The fraction of sp³-hybridized carbons (Fsp3) is 0.556. The van der Waals surface area contributed by atoms with Crippen molar-refractivity contribution in [2.45, 2.75) is 11.6 Å². The number of quaternary nitrogens is 1. The van der Waals surface area contributed by atoms with Crippen molar-refractivity contribution in [3.8, 4) is 0 Å². The summed E-state index contributed by atoms with van der Waals surface area (Å²) < 4.78 is 5.33. The Bertz CT molecular complexity index is 194. The summed E-state index contributed by atoms with van der Waals surface area (Å²) in [4.78, 5) is 0. The molecule has 0 aliphatic carbocycles.